The van der Waals surface area contributed by atoms with Crippen molar-refractivity contribution < 1.29 is 27.1 Å². The Morgan fingerprint density at radius 1 is 1.11 bits per heavy atom. The van der Waals surface area contributed by atoms with Crippen molar-refractivity contribution in [3.05, 3.63) is 69.6 Å². The second-order valence-electron chi connectivity index (χ2n) is 9.78. The number of methoxy groups -OCH3 is 1. The molecule has 1 amide bonds. The number of carbonyl (C=O) groups excluding carboxylic acids is 1. The summed E-state index contributed by atoms with van der Waals surface area (Å²) in [5.41, 5.74) is 0.867. The lowest BCUT2D eigenvalue weighted by Gasteiger charge is -2.30. The van der Waals surface area contributed by atoms with Gasteiger partial charge < -0.3 is 18.8 Å². The minimum atomic E-state index is -3.28. The molecule has 0 aliphatic carbocycles. The Bertz CT molecular complexity index is 1490. The molecule has 5 rings (SSSR count). The molecular weight excluding hydrogens is 482 g/mol. The van der Waals surface area contributed by atoms with Crippen LogP contribution in [0.25, 0.3) is 11.0 Å². The maximum absolute atomic E-state index is 13.7. The summed E-state index contributed by atoms with van der Waals surface area (Å²) < 4.78 is 42.1. The number of hydrogen-bond donors (Lipinski definition) is 0. The summed E-state index contributed by atoms with van der Waals surface area (Å²) in [6.45, 7) is 4.76. The number of amides is 1. The van der Waals surface area contributed by atoms with E-state index in [1.54, 1.807) is 42.5 Å². The summed E-state index contributed by atoms with van der Waals surface area (Å²) in [6.07, 6.45) is 1.19. The standard InChI is InChI=1S/C27H29NO7S/c1-16(2)10-12-34-21-9-8-17(14-22(21)33-3)24-23-25(29)19-6-4-5-7-20(19)35-26(23)27(30)28(24)18-11-13-36(31,32)15-18/h4-9,14,16,18,24H,10-13,15H2,1-3H3/t18-,24-/m1/s1. The molecule has 0 spiro atoms. The van der Waals surface area contributed by atoms with Crippen LogP contribution in [0.2, 0.25) is 0 Å². The van der Waals surface area contributed by atoms with Gasteiger partial charge in [0.15, 0.2) is 26.8 Å². The molecule has 0 bridgehead atoms. The van der Waals surface area contributed by atoms with Gasteiger partial charge in [0.05, 0.1) is 42.2 Å². The molecule has 9 heteroatoms. The van der Waals surface area contributed by atoms with E-state index >= 15 is 0 Å². The topological polar surface area (TPSA) is 103 Å². The number of fused-ring (bicyclic) bond motifs is 2. The van der Waals surface area contributed by atoms with E-state index in [1.165, 1.54) is 12.0 Å². The zero-order chi connectivity index (χ0) is 25.6. The van der Waals surface area contributed by atoms with Gasteiger partial charge in [-0.25, -0.2) is 8.42 Å². The van der Waals surface area contributed by atoms with Crippen LogP contribution in [0.1, 0.15) is 54.4 Å². The molecule has 0 saturated carbocycles. The zero-order valence-electron chi connectivity index (χ0n) is 20.5. The first kappa shape index (κ1) is 24.4. The molecule has 0 radical (unpaired) electrons. The van der Waals surface area contributed by atoms with Crippen molar-refractivity contribution in [1.29, 1.82) is 0 Å². The summed E-state index contributed by atoms with van der Waals surface area (Å²) >= 11 is 0. The Morgan fingerprint density at radius 3 is 2.58 bits per heavy atom. The Labute approximate surface area is 209 Å². The Balaban J connectivity index is 1.64. The van der Waals surface area contributed by atoms with Crippen molar-refractivity contribution in [3.8, 4) is 11.5 Å². The average Bonchev–Trinajstić information content (AvgIpc) is 3.35. The summed E-state index contributed by atoms with van der Waals surface area (Å²) in [4.78, 5) is 28.8. The van der Waals surface area contributed by atoms with E-state index in [4.69, 9.17) is 13.9 Å². The number of benzene rings is 2. The zero-order valence-corrected chi connectivity index (χ0v) is 21.3. The smallest absolute Gasteiger partial charge is 0.291 e. The van der Waals surface area contributed by atoms with Crippen LogP contribution in [0.15, 0.2) is 51.7 Å². The molecule has 2 aromatic carbocycles. The SMILES string of the molecule is COc1cc([C@@H]2c3c(oc4ccccc4c3=O)C(=O)N2[C@@H]2CCS(=O)(=O)C2)ccc1OCCC(C)C. The Hall–Kier alpha value is -3.33. The molecule has 36 heavy (non-hydrogen) atoms. The van der Waals surface area contributed by atoms with Gasteiger partial charge in [0.1, 0.15) is 5.58 Å². The predicted molar refractivity (Wildman–Crippen MR) is 135 cm³/mol. The second-order valence-corrected chi connectivity index (χ2v) is 12.0. The number of sulfone groups is 1. The van der Waals surface area contributed by atoms with Crippen molar-refractivity contribution in [2.24, 2.45) is 5.92 Å². The van der Waals surface area contributed by atoms with Crippen molar-refractivity contribution in [2.45, 2.75) is 38.8 Å². The van der Waals surface area contributed by atoms with Crippen molar-refractivity contribution >= 4 is 26.7 Å². The molecule has 0 N–H and O–H groups in total. The third-order valence-corrected chi connectivity index (χ3v) is 8.62. The molecule has 1 aromatic heterocycles. The van der Waals surface area contributed by atoms with E-state index in [0.29, 0.717) is 47.0 Å². The molecule has 3 aromatic rings. The highest BCUT2D eigenvalue weighted by Crippen LogP contribution is 2.43. The lowest BCUT2D eigenvalue weighted by molar-refractivity contribution is 0.0662. The molecule has 1 saturated heterocycles. The number of hydrogen-bond acceptors (Lipinski definition) is 7. The normalized spacial score (nSPS) is 20.8. The molecule has 1 fully saturated rings. The fourth-order valence-electron chi connectivity index (χ4n) is 5.01. The molecule has 2 aliphatic rings. The van der Waals surface area contributed by atoms with Crippen LogP contribution in [0.5, 0.6) is 11.5 Å². The van der Waals surface area contributed by atoms with Crippen LogP contribution in [0, 0.1) is 5.92 Å². The molecule has 0 unspecified atom stereocenters. The molecule has 8 nitrogen and oxygen atoms in total. The van der Waals surface area contributed by atoms with Gasteiger partial charge in [-0.15, -0.1) is 0 Å². The first-order valence-corrected chi connectivity index (χ1v) is 13.9. The van der Waals surface area contributed by atoms with Gasteiger partial charge in [0.2, 0.25) is 5.76 Å². The first-order chi connectivity index (χ1) is 17.2. The molecule has 2 atom stereocenters. The molecule has 2 aliphatic heterocycles. The van der Waals surface area contributed by atoms with Crippen molar-refractivity contribution in [2.75, 3.05) is 25.2 Å². The Morgan fingerprint density at radius 2 is 1.89 bits per heavy atom. The van der Waals surface area contributed by atoms with Gasteiger partial charge in [-0.2, -0.15) is 0 Å². The van der Waals surface area contributed by atoms with Crippen molar-refractivity contribution in [1.82, 2.24) is 4.90 Å². The van der Waals surface area contributed by atoms with Gasteiger partial charge in [-0.1, -0.05) is 32.0 Å². The number of para-hydroxylation sites is 1. The molecular formula is C27H29NO7S. The van der Waals surface area contributed by atoms with Crippen LogP contribution >= 0.6 is 0 Å². The Kier molecular flexibility index (Phi) is 6.28. The minimum Gasteiger partial charge on any atom is -0.493 e. The lowest BCUT2D eigenvalue weighted by atomic mass is 9.97. The van der Waals surface area contributed by atoms with Gasteiger partial charge in [-0.3, -0.25) is 9.59 Å². The van der Waals surface area contributed by atoms with Gasteiger partial charge in [0.25, 0.3) is 5.91 Å². The third-order valence-electron chi connectivity index (χ3n) is 6.87. The summed E-state index contributed by atoms with van der Waals surface area (Å²) in [6, 6.07) is 10.7. The lowest BCUT2D eigenvalue weighted by Crippen LogP contribution is -2.40. The monoisotopic (exact) mass is 511 g/mol. The minimum absolute atomic E-state index is 0.000186. The molecule has 190 valence electrons. The van der Waals surface area contributed by atoms with E-state index in [0.717, 1.165) is 6.42 Å². The van der Waals surface area contributed by atoms with Gasteiger partial charge >= 0.3 is 0 Å². The number of carbonyl (C=O) groups is 1. The van der Waals surface area contributed by atoms with Gasteiger partial charge in [-0.05, 0) is 48.6 Å². The molecule has 3 heterocycles. The average molecular weight is 512 g/mol. The van der Waals surface area contributed by atoms with Crippen LogP contribution in [0.4, 0.5) is 0 Å². The summed E-state index contributed by atoms with van der Waals surface area (Å²) in [7, 11) is -1.75. The van der Waals surface area contributed by atoms with E-state index < -0.39 is 27.8 Å². The highest BCUT2D eigenvalue weighted by Gasteiger charge is 2.48. The number of nitrogens with zero attached hydrogens (tertiary/aromatic N) is 1. The van der Waals surface area contributed by atoms with Crippen LogP contribution in [-0.2, 0) is 9.84 Å². The van der Waals surface area contributed by atoms with E-state index in [-0.39, 0.29) is 28.3 Å². The maximum atomic E-state index is 13.7. The summed E-state index contributed by atoms with van der Waals surface area (Å²) in [5, 5.41) is 0.371. The van der Waals surface area contributed by atoms with E-state index in [1.807, 2.05) is 0 Å². The van der Waals surface area contributed by atoms with Crippen LogP contribution in [-0.4, -0.2) is 50.5 Å². The summed E-state index contributed by atoms with van der Waals surface area (Å²) in [5.74, 6) is 0.861. The number of rotatable bonds is 7. The van der Waals surface area contributed by atoms with Crippen LogP contribution < -0.4 is 14.9 Å². The highest BCUT2D eigenvalue weighted by molar-refractivity contribution is 7.91. The highest BCUT2D eigenvalue weighted by atomic mass is 32.2. The quantitative estimate of drug-likeness (QED) is 0.473. The van der Waals surface area contributed by atoms with Gasteiger partial charge in [0, 0.05) is 6.04 Å². The maximum Gasteiger partial charge on any atom is 0.291 e. The van der Waals surface area contributed by atoms with Crippen molar-refractivity contribution in [3.63, 3.8) is 0 Å². The van der Waals surface area contributed by atoms with E-state index in [2.05, 4.69) is 13.8 Å². The first-order valence-electron chi connectivity index (χ1n) is 12.1. The van der Waals surface area contributed by atoms with Crippen LogP contribution in [0.3, 0.4) is 0 Å². The second kappa shape index (κ2) is 9.28. The van der Waals surface area contributed by atoms with E-state index in [9.17, 15) is 18.0 Å². The predicted octanol–water partition coefficient (Wildman–Crippen LogP) is 3.96. The fourth-order valence-corrected chi connectivity index (χ4v) is 6.73. The largest absolute Gasteiger partial charge is 0.493 e. The number of ether oxygens (including phenoxy) is 2. The third kappa shape index (κ3) is 4.25. The fraction of sp³-hybridized carbons (Fsp3) is 0.407.